The largest absolute Gasteiger partial charge is 0.373 e. The monoisotopic (exact) mass is 297 g/mol. The molecule has 78 valence electrons. The van der Waals surface area contributed by atoms with Crippen molar-refractivity contribution in [2.45, 2.75) is 6.10 Å². The molecular weight excluding hydrogens is 290 g/mol. The third-order valence-electron chi connectivity index (χ3n) is 1.97. The molecule has 1 aromatic heterocycles. The number of halogens is 2. The van der Waals surface area contributed by atoms with Gasteiger partial charge in [-0.25, -0.2) is 0 Å². The second-order valence-corrected chi connectivity index (χ2v) is 5.47. The molecule has 0 aliphatic carbocycles. The molecule has 2 heterocycles. The lowest BCUT2D eigenvalue weighted by atomic mass is 10.3. The van der Waals surface area contributed by atoms with Crippen LogP contribution < -0.4 is 4.90 Å². The molecule has 7 heteroatoms. The van der Waals surface area contributed by atoms with Crippen LogP contribution in [0.25, 0.3) is 0 Å². The minimum Gasteiger partial charge on any atom is -0.373 e. The van der Waals surface area contributed by atoms with Gasteiger partial charge >= 0.3 is 0 Å². The summed E-state index contributed by atoms with van der Waals surface area (Å²) in [5.74, 6) is 0.524. The Morgan fingerprint density at radius 3 is 3.14 bits per heavy atom. The number of rotatable bonds is 2. The fourth-order valence-corrected chi connectivity index (χ4v) is 2.62. The van der Waals surface area contributed by atoms with Crippen LogP contribution in [0, 0.1) is 0 Å². The Kier molecular flexibility index (Phi) is 3.59. The number of nitrogens with zero attached hydrogens (tertiary/aromatic N) is 3. The molecule has 1 fully saturated rings. The summed E-state index contributed by atoms with van der Waals surface area (Å²) in [5.41, 5.74) is 0. The van der Waals surface area contributed by atoms with E-state index in [4.69, 9.17) is 16.3 Å². The van der Waals surface area contributed by atoms with Gasteiger partial charge in [0, 0.05) is 13.1 Å². The summed E-state index contributed by atoms with van der Waals surface area (Å²) in [7, 11) is 0. The molecule has 0 saturated carbocycles. The van der Waals surface area contributed by atoms with Gasteiger partial charge in [0.15, 0.2) is 3.92 Å². The summed E-state index contributed by atoms with van der Waals surface area (Å²) in [6, 6.07) is 0. The highest BCUT2D eigenvalue weighted by Gasteiger charge is 2.22. The fraction of sp³-hybridized carbons (Fsp3) is 0.714. The standard InChI is InChI=1S/C7H9BrClN3OS/c8-6-10-11-7(14-6)12-1-2-13-5(3-9)4-12/h5H,1-4H2. The zero-order chi connectivity index (χ0) is 9.97. The minimum atomic E-state index is 0.105. The Bertz CT molecular complexity index is 311. The van der Waals surface area contributed by atoms with Gasteiger partial charge in [-0.2, -0.15) is 0 Å². The minimum absolute atomic E-state index is 0.105. The van der Waals surface area contributed by atoms with Gasteiger partial charge in [0.2, 0.25) is 5.13 Å². The van der Waals surface area contributed by atoms with Crippen LogP contribution in [0.1, 0.15) is 0 Å². The summed E-state index contributed by atoms with van der Waals surface area (Å²) < 4.78 is 6.26. The van der Waals surface area contributed by atoms with Crippen LogP contribution in [-0.2, 0) is 4.74 Å². The molecular formula is C7H9BrClN3OS. The van der Waals surface area contributed by atoms with Crippen LogP contribution >= 0.6 is 38.9 Å². The van der Waals surface area contributed by atoms with Gasteiger partial charge in [-0.15, -0.1) is 21.8 Å². The summed E-state index contributed by atoms with van der Waals surface area (Å²) in [4.78, 5) is 2.15. The number of morpholine rings is 1. The van der Waals surface area contributed by atoms with Gasteiger partial charge < -0.3 is 9.64 Å². The fourth-order valence-electron chi connectivity index (χ4n) is 1.31. The van der Waals surface area contributed by atoms with E-state index in [1.165, 1.54) is 11.3 Å². The van der Waals surface area contributed by atoms with E-state index in [1.807, 2.05) is 0 Å². The smallest absolute Gasteiger partial charge is 0.209 e. The van der Waals surface area contributed by atoms with Crippen molar-refractivity contribution in [3.05, 3.63) is 3.92 Å². The first-order chi connectivity index (χ1) is 6.79. The topological polar surface area (TPSA) is 38.2 Å². The molecule has 2 rings (SSSR count). The number of ether oxygens (including phenoxy) is 1. The van der Waals surface area contributed by atoms with Gasteiger partial charge in [-0.3, -0.25) is 0 Å². The summed E-state index contributed by atoms with van der Waals surface area (Å²) in [5, 5.41) is 8.90. The maximum absolute atomic E-state index is 5.74. The maximum atomic E-state index is 5.74. The average Bonchev–Trinajstić information content (AvgIpc) is 2.65. The lowest BCUT2D eigenvalue weighted by Gasteiger charge is -2.31. The molecule has 0 N–H and O–H groups in total. The average molecular weight is 299 g/mol. The molecule has 0 spiro atoms. The van der Waals surface area contributed by atoms with E-state index in [2.05, 4.69) is 31.0 Å². The Balaban J connectivity index is 2.04. The third-order valence-corrected chi connectivity index (χ3v) is 3.73. The van der Waals surface area contributed by atoms with Crippen molar-refractivity contribution in [3.8, 4) is 0 Å². The van der Waals surface area contributed by atoms with Gasteiger partial charge in [0.25, 0.3) is 0 Å². The SMILES string of the molecule is ClCC1CN(c2nnc(Br)s2)CCO1. The van der Waals surface area contributed by atoms with E-state index in [0.717, 1.165) is 22.1 Å². The van der Waals surface area contributed by atoms with Crippen molar-refractivity contribution < 1.29 is 4.74 Å². The Labute approximate surface area is 99.3 Å². The molecule has 4 nitrogen and oxygen atoms in total. The Morgan fingerprint density at radius 1 is 1.64 bits per heavy atom. The van der Waals surface area contributed by atoms with E-state index in [1.54, 1.807) is 0 Å². The quantitative estimate of drug-likeness (QED) is 0.780. The Hall–Kier alpha value is 0.0900. The predicted octanol–water partition coefficient (Wildman–Crippen LogP) is 1.74. The number of alkyl halides is 1. The molecule has 1 aromatic rings. The first kappa shape index (κ1) is 10.6. The molecule has 0 radical (unpaired) electrons. The molecule has 14 heavy (non-hydrogen) atoms. The van der Waals surface area contributed by atoms with Crippen LogP contribution in [0.4, 0.5) is 5.13 Å². The van der Waals surface area contributed by atoms with Crippen LogP contribution in [-0.4, -0.2) is 41.9 Å². The van der Waals surface area contributed by atoms with Crippen molar-refractivity contribution >= 4 is 44.0 Å². The van der Waals surface area contributed by atoms with Crippen molar-refractivity contribution in [1.29, 1.82) is 0 Å². The van der Waals surface area contributed by atoms with E-state index < -0.39 is 0 Å². The van der Waals surface area contributed by atoms with Gasteiger partial charge in [-0.05, 0) is 15.9 Å². The number of anilines is 1. The first-order valence-electron chi connectivity index (χ1n) is 4.21. The maximum Gasteiger partial charge on any atom is 0.209 e. The van der Waals surface area contributed by atoms with Crippen LogP contribution in [0.3, 0.4) is 0 Å². The molecule has 1 atom stereocenters. The van der Waals surface area contributed by atoms with E-state index in [-0.39, 0.29) is 6.10 Å². The van der Waals surface area contributed by atoms with E-state index in [0.29, 0.717) is 12.5 Å². The highest BCUT2D eigenvalue weighted by Crippen LogP contribution is 2.25. The molecule has 0 bridgehead atoms. The molecule has 1 aliphatic heterocycles. The van der Waals surface area contributed by atoms with Gasteiger partial charge in [0.05, 0.1) is 18.6 Å². The number of hydrogen-bond acceptors (Lipinski definition) is 5. The number of aromatic nitrogens is 2. The third kappa shape index (κ3) is 2.36. The summed E-state index contributed by atoms with van der Waals surface area (Å²) >= 11 is 10.6. The lowest BCUT2D eigenvalue weighted by Crippen LogP contribution is -2.43. The van der Waals surface area contributed by atoms with Crippen molar-refractivity contribution in [3.63, 3.8) is 0 Å². The second-order valence-electron chi connectivity index (χ2n) is 2.93. The highest BCUT2D eigenvalue weighted by molar-refractivity contribution is 9.11. The summed E-state index contributed by atoms with van der Waals surface area (Å²) in [6.45, 7) is 2.36. The van der Waals surface area contributed by atoms with E-state index in [9.17, 15) is 0 Å². The highest BCUT2D eigenvalue weighted by atomic mass is 79.9. The Morgan fingerprint density at radius 2 is 2.50 bits per heavy atom. The second kappa shape index (κ2) is 4.74. The predicted molar refractivity (Wildman–Crippen MR) is 60.3 cm³/mol. The van der Waals surface area contributed by atoms with Crippen LogP contribution in [0.5, 0.6) is 0 Å². The molecule has 1 saturated heterocycles. The zero-order valence-electron chi connectivity index (χ0n) is 7.32. The van der Waals surface area contributed by atoms with Crippen LogP contribution in [0.15, 0.2) is 3.92 Å². The molecule has 1 aliphatic rings. The summed E-state index contributed by atoms with van der Waals surface area (Å²) in [6.07, 6.45) is 0.105. The van der Waals surface area contributed by atoms with Crippen molar-refractivity contribution in [2.24, 2.45) is 0 Å². The number of hydrogen-bond donors (Lipinski definition) is 0. The van der Waals surface area contributed by atoms with Crippen molar-refractivity contribution in [2.75, 3.05) is 30.5 Å². The molecule has 0 aromatic carbocycles. The van der Waals surface area contributed by atoms with Gasteiger partial charge in [0.1, 0.15) is 0 Å². The lowest BCUT2D eigenvalue weighted by molar-refractivity contribution is 0.0554. The molecule has 0 amide bonds. The van der Waals surface area contributed by atoms with Gasteiger partial charge in [-0.1, -0.05) is 11.3 Å². The van der Waals surface area contributed by atoms with E-state index >= 15 is 0 Å². The van der Waals surface area contributed by atoms with Crippen LogP contribution in [0.2, 0.25) is 0 Å². The van der Waals surface area contributed by atoms with Crippen molar-refractivity contribution in [1.82, 2.24) is 10.2 Å². The normalized spacial score (nSPS) is 22.7. The molecule has 1 unspecified atom stereocenters. The first-order valence-corrected chi connectivity index (χ1v) is 6.35. The zero-order valence-corrected chi connectivity index (χ0v) is 10.5.